The van der Waals surface area contributed by atoms with E-state index in [9.17, 15) is 12.8 Å². The van der Waals surface area contributed by atoms with Gasteiger partial charge in [0.1, 0.15) is 5.82 Å². The van der Waals surface area contributed by atoms with Gasteiger partial charge in [-0.05, 0) is 31.5 Å². The summed E-state index contributed by atoms with van der Waals surface area (Å²) in [6, 6.07) is 3.33. The third-order valence-corrected chi connectivity index (χ3v) is 3.58. The van der Waals surface area contributed by atoms with Crippen molar-refractivity contribution in [2.75, 3.05) is 12.3 Å². The summed E-state index contributed by atoms with van der Waals surface area (Å²) in [5.41, 5.74) is 5.14. The maximum absolute atomic E-state index is 12.9. The van der Waals surface area contributed by atoms with Crippen molar-refractivity contribution < 1.29 is 12.8 Å². The van der Waals surface area contributed by atoms with Crippen molar-refractivity contribution >= 4 is 15.7 Å². The molecule has 0 aromatic heterocycles. The summed E-state index contributed by atoms with van der Waals surface area (Å²) in [6.07, 6.45) is 4.29. The standard InChI is InChI=1S/C11H15FN2O2S/c1-2-3-4-7-14-17(15,16)9-5-6-10(12)11(13)8-9/h2-3,5-6,8,14H,4,7,13H2,1H3/b3-2+. The molecule has 0 saturated carbocycles. The van der Waals surface area contributed by atoms with Gasteiger partial charge in [-0.15, -0.1) is 0 Å². The van der Waals surface area contributed by atoms with Crippen LogP contribution < -0.4 is 10.5 Å². The summed E-state index contributed by atoms with van der Waals surface area (Å²) in [5.74, 6) is -0.627. The van der Waals surface area contributed by atoms with Crippen LogP contribution in [0.3, 0.4) is 0 Å². The molecule has 4 nitrogen and oxygen atoms in total. The quantitative estimate of drug-likeness (QED) is 0.479. The van der Waals surface area contributed by atoms with E-state index < -0.39 is 15.8 Å². The molecule has 0 aliphatic heterocycles. The third-order valence-electron chi connectivity index (χ3n) is 2.12. The molecule has 1 aromatic carbocycles. The number of nitrogens with one attached hydrogen (secondary N) is 1. The van der Waals surface area contributed by atoms with Gasteiger partial charge in [0.15, 0.2) is 0 Å². The molecule has 1 aromatic rings. The lowest BCUT2D eigenvalue weighted by Crippen LogP contribution is -2.24. The van der Waals surface area contributed by atoms with E-state index in [4.69, 9.17) is 5.73 Å². The monoisotopic (exact) mass is 258 g/mol. The summed E-state index contributed by atoms with van der Waals surface area (Å²) >= 11 is 0. The van der Waals surface area contributed by atoms with Crippen LogP contribution in [0.4, 0.5) is 10.1 Å². The first-order valence-corrected chi connectivity index (χ1v) is 6.61. The molecule has 0 radical (unpaired) electrons. The lowest BCUT2D eigenvalue weighted by Gasteiger charge is -2.06. The van der Waals surface area contributed by atoms with E-state index in [1.165, 1.54) is 6.07 Å². The largest absolute Gasteiger partial charge is 0.396 e. The Morgan fingerprint density at radius 3 is 2.76 bits per heavy atom. The van der Waals surface area contributed by atoms with Gasteiger partial charge < -0.3 is 5.73 Å². The van der Waals surface area contributed by atoms with Crippen LogP contribution in [0.1, 0.15) is 13.3 Å². The second-order valence-electron chi connectivity index (χ2n) is 3.44. The van der Waals surface area contributed by atoms with Gasteiger partial charge in [-0.2, -0.15) is 0 Å². The van der Waals surface area contributed by atoms with E-state index in [1.54, 1.807) is 0 Å². The van der Waals surface area contributed by atoms with Gasteiger partial charge in [-0.3, -0.25) is 0 Å². The number of rotatable bonds is 5. The second-order valence-corrected chi connectivity index (χ2v) is 5.21. The zero-order chi connectivity index (χ0) is 12.9. The second kappa shape index (κ2) is 5.79. The topological polar surface area (TPSA) is 72.2 Å². The molecule has 94 valence electrons. The third kappa shape index (κ3) is 3.83. The fraction of sp³-hybridized carbons (Fsp3) is 0.273. The lowest BCUT2D eigenvalue weighted by molar-refractivity contribution is 0.581. The predicted octanol–water partition coefficient (Wildman–Crippen LogP) is 1.65. The van der Waals surface area contributed by atoms with Crippen LogP contribution in [-0.4, -0.2) is 15.0 Å². The molecule has 0 amide bonds. The van der Waals surface area contributed by atoms with E-state index in [0.29, 0.717) is 13.0 Å². The van der Waals surface area contributed by atoms with Gasteiger partial charge in [0.05, 0.1) is 10.6 Å². The Morgan fingerprint density at radius 2 is 2.18 bits per heavy atom. The van der Waals surface area contributed by atoms with Crippen LogP contribution in [0, 0.1) is 5.82 Å². The van der Waals surface area contributed by atoms with E-state index >= 15 is 0 Å². The summed E-state index contributed by atoms with van der Waals surface area (Å²) in [5, 5.41) is 0. The molecule has 0 aliphatic carbocycles. The maximum atomic E-state index is 12.9. The molecule has 0 unspecified atom stereocenters. The highest BCUT2D eigenvalue weighted by Gasteiger charge is 2.14. The van der Waals surface area contributed by atoms with Crippen LogP contribution in [0.2, 0.25) is 0 Å². The summed E-state index contributed by atoms with van der Waals surface area (Å²) in [6.45, 7) is 2.15. The Balaban J connectivity index is 2.79. The Labute approximate surface area is 100 Å². The Kier molecular flexibility index (Phi) is 4.65. The van der Waals surface area contributed by atoms with Crippen LogP contribution in [0.25, 0.3) is 0 Å². The number of anilines is 1. The SMILES string of the molecule is C/C=C/CCNS(=O)(=O)c1ccc(F)c(N)c1. The molecule has 17 heavy (non-hydrogen) atoms. The Morgan fingerprint density at radius 1 is 1.47 bits per heavy atom. The van der Waals surface area contributed by atoms with E-state index in [1.807, 2.05) is 19.1 Å². The van der Waals surface area contributed by atoms with E-state index in [0.717, 1.165) is 12.1 Å². The minimum absolute atomic E-state index is 0.0307. The van der Waals surface area contributed by atoms with Gasteiger partial charge in [0.25, 0.3) is 0 Å². The number of nitrogens with two attached hydrogens (primary N) is 1. The smallest absolute Gasteiger partial charge is 0.240 e. The normalized spacial score (nSPS) is 12.1. The molecule has 0 heterocycles. The number of allylic oxidation sites excluding steroid dienone is 1. The van der Waals surface area contributed by atoms with Crippen molar-refractivity contribution in [3.05, 3.63) is 36.2 Å². The molecule has 0 spiro atoms. The highest BCUT2D eigenvalue weighted by Crippen LogP contribution is 2.16. The zero-order valence-electron chi connectivity index (χ0n) is 9.48. The highest BCUT2D eigenvalue weighted by molar-refractivity contribution is 7.89. The average Bonchev–Trinajstić information content (AvgIpc) is 2.28. The minimum Gasteiger partial charge on any atom is -0.396 e. The Bertz CT molecular complexity index is 512. The number of hydrogen-bond donors (Lipinski definition) is 2. The van der Waals surface area contributed by atoms with Gasteiger partial charge in [-0.1, -0.05) is 12.2 Å². The molecule has 0 saturated heterocycles. The average molecular weight is 258 g/mol. The van der Waals surface area contributed by atoms with E-state index in [-0.39, 0.29) is 10.6 Å². The number of halogens is 1. The number of benzene rings is 1. The van der Waals surface area contributed by atoms with Gasteiger partial charge in [0, 0.05) is 6.54 Å². The number of nitrogen functional groups attached to an aromatic ring is 1. The zero-order valence-corrected chi connectivity index (χ0v) is 10.3. The highest BCUT2D eigenvalue weighted by atomic mass is 32.2. The molecule has 0 fully saturated rings. The van der Waals surface area contributed by atoms with Crippen molar-refractivity contribution in [1.82, 2.24) is 4.72 Å². The predicted molar refractivity (Wildman–Crippen MR) is 65.4 cm³/mol. The molecule has 0 aliphatic rings. The van der Waals surface area contributed by atoms with Crippen LogP contribution >= 0.6 is 0 Å². The Hall–Kier alpha value is -1.40. The maximum Gasteiger partial charge on any atom is 0.240 e. The molecule has 3 N–H and O–H groups in total. The van der Waals surface area contributed by atoms with Gasteiger partial charge in [0.2, 0.25) is 10.0 Å². The van der Waals surface area contributed by atoms with Crippen LogP contribution in [0.15, 0.2) is 35.2 Å². The van der Waals surface area contributed by atoms with Crippen molar-refractivity contribution in [2.45, 2.75) is 18.2 Å². The molecular weight excluding hydrogens is 243 g/mol. The van der Waals surface area contributed by atoms with E-state index in [2.05, 4.69) is 4.72 Å². The van der Waals surface area contributed by atoms with Crippen LogP contribution in [-0.2, 0) is 10.0 Å². The molecule has 1 rings (SSSR count). The molecule has 0 atom stereocenters. The van der Waals surface area contributed by atoms with Crippen molar-refractivity contribution in [3.8, 4) is 0 Å². The first-order valence-electron chi connectivity index (χ1n) is 5.13. The first kappa shape index (κ1) is 13.7. The van der Waals surface area contributed by atoms with Crippen molar-refractivity contribution in [2.24, 2.45) is 0 Å². The molecule has 6 heteroatoms. The fourth-order valence-corrected chi connectivity index (χ4v) is 2.30. The summed E-state index contributed by atoms with van der Waals surface area (Å²) in [4.78, 5) is -0.0307. The summed E-state index contributed by atoms with van der Waals surface area (Å²) < 4.78 is 38.8. The molecular formula is C11H15FN2O2S. The van der Waals surface area contributed by atoms with Gasteiger partial charge in [-0.25, -0.2) is 17.5 Å². The van der Waals surface area contributed by atoms with Crippen molar-refractivity contribution in [3.63, 3.8) is 0 Å². The summed E-state index contributed by atoms with van der Waals surface area (Å²) in [7, 11) is -3.61. The minimum atomic E-state index is -3.61. The lowest BCUT2D eigenvalue weighted by atomic mass is 10.3. The number of hydrogen-bond acceptors (Lipinski definition) is 3. The molecule has 0 bridgehead atoms. The van der Waals surface area contributed by atoms with Crippen molar-refractivity contribution in [1.29, 1.82) is 0 Å². The number of sulfonamides is 1. The van der Waals surface area contributed by atoms with Gasteiger partial charge >= 0.3 is 0 Å². The fourth-order valence-electron chi connectivity index (χ4n) is 1.22. The van der Waals surface area contributed by atoms with Crippen LogP contribution in [0.5, 0.6) is 0 Å². The first-order chi connectivity index (χ1) is 7.97.